The van der Waals surface area contributed by atoms with Crippen molar-refractivity contribution in [1.82, 2.24) is 4.57 Å². The Morgan fingerprint density at radius 1 is 1.21 bits per heavy atom. The number of amides is 1. The molecule has 7 heteroatoms. The lowest BCUT2D eigenvalue weighted by Gasteiger charge is -2.05. The van der Waals surface area contributed by atoms with Gasteiger partial charge in [-0.1, -0.05) is 40.6 Å². The maximum atomic E-state index is 12.5. The summed E-state index contributed by atoms with van der Waals surface area (Å²) in [6, 6.07) is 8.58. The zero-order valence-electron chi connectivity index (χ0n) is 13.3. The van der Waals surface area contributed by atoms with E-state index in [0.717, 1.165) is 21.5 Å². The molecule has 1 amide bonds. The Labute approximate surface area is 152 Å². The SMILES string of the molecule is COc1ccc(C)c2sc(=NC(=O)c3cc(Cl)cc(Cl)c3)n(C)c12. The fourth-order valence-corrected chi connectivity index (χ4v) is 4.08. The van der Waals surface area contributed by atoms with Crippen molar-refractivity contribution in [3.63, 3.8) is 0 Å². The number of hydrogen-bond acceptors (Lipinski definition) is 3. The normalized spacial score (nSPS) is 12.0. The third-order valence-electron chi connectivity index (χ3n) is 3.63. The summed E-state index contributed by atoms with van der Waals surface area (Å²) < 4.78 is 8.31. The number of thiazole rings is 1. The van der Waals surface area contributed by atoms with Gasteiger partial charge in [0.2, 0.25) is 0 Å². The van der Waals surface area contributed by atoms with Crippen molar-refractivity contribution >= 4 is 50.7 Å². The van der Waals surface area contributed by atoms with E-state index >= 15 is 0 Å². The van der Waals surface area contributed by atoms with Crippen LogP contribution in [0.4, 0.5) is 0 Å². The number of halogens is 2. The van der Waals surface area contributed by atoms with Crippen LogP contribution in [0.3, 0.4) is 0 Å². The van der Waals surface area contributed by atoms with Gasteiger partial charge in [0.05, 0.1) is 11.8 Å². The summed E-state index contributed by atoms with van der Waals surface area (Å²) in [7, 11) is 3.48. The van der Waals surface area contributed by atoms with Crippen molar-refractivity contribution in [2.24, 2.45) is 12.0 Å². The van der Waals surface area contributed by atoms with Crippen LogP contribution in [0.5, 0.6) is 5.75 Å². The van der Waals surface area contributed by atoms with E-state index in [0.29, 0.717) is 20.4 Å². The van der Waals surface area contributed by atoms with Crippen LogP contribution in [0, 0.1) is 6.92 Å². The van der Waals surface area contributed by atoms with Crippen molar-refractivity contribution in [1.29, 1.82) is 0 Å². The number of hydrogen-bond donors (Lipinski definition) is 0. The molecule has 2 aromatic carbocycles. The number of aryl methyl sites for hydroxylation is 2. The molecule has 0 aliphatic rings. The zero-order chi connectivity index (χ0) is 17.4. The first-order valence-electron chi connectivity index (χ1n) is 7.09. The number of methoxy groups -OCH3 is 1. The topological polar surface area (TPSA) is 43.6 Å². The van der Waals surface area contributed by atoms with Gasteiger partial charge in [-0.2, -0.15) is 4.99 Å². The Hall–Kier alpha value is -1.82. The Morgan fingerprint density at radius 2 is 1.88 bits per heavy atom. The van der Waals surface area contributed by atoms with E-state index in [1.165, 1.54) is 11.3 Å². The molecule has 0 aliphatic carbocycles. The first kappa shape index (κ1) is 17.0. The van der Waals surface area contributed by atoms with E-state index in [2.05, 4.69) is 4.99 Å². The summed E-state index contributed by atoms with van der Waals surface area (Å²) >= 11 is 13.4. The number of fused-ring (bicyclic) bond motifs is 1. The molecule has 0 atom stereocenters. The fraction of sp³-hybridized carbons (Fsp3) is 0.176. The predicted octanol–water partition coefficient (Wildman–Crippen LogP) is 4.60. The number of rotatable bonds is 2. The minimum atomic E-state index is -0.391. The monoisotopic (exact) mass is 380 g/mol. The fourth-order valence-electron chi connectivity index (χ4n) is 2.45. The Morgan fingerprint density at radius 3 is 2.50 bits per heavy atom. The molecule has 4 nitrogen and oxygen atoms in total. The summed E-state index contributed by atoms with van der Waals surface area (Å²) in [5.74, 6) is 0.354. The van der Waals surface area contributed by atoms with Gasteiger partial charge in [-0.15, -0.1) is 0 Å². The average molecular weight is 381 g/mol. The molecule has 0 spiro atoms. The maximum Gasteiger partial charge on any atom is 0.279 e. The lowest BCUT2D eigenvalue weighted by Crippen LogP contribution is -2.13. The van der Waals surface area contributed by atoms with E-state index in [1.54, 1.807) is 25.3 Å². The van der Waals surface area contributed by atoms with Crippen molar-refractivity contribution in [2.75, 3.05) is 7.11 Å². The van der Waals surface area contributed by atoms with Gasteiger partial charge in [-0.05, 0) is 36.8 Å². The molecule has 0 saturated heterocycles. The molecular formula is C17H14Cl2N2O2S. The number of carbonyl (C=O) groups is 1. The van der Waals surface area contributed by atoms with Crippen LogP contribution in [-0.2, 0) is 7.05 Å². The van der Waals surface area contributed by atoms with Gasteiger partial charge < -0.3 is 9.30 Å². The first-order chi connectivity index (χ1) is 11.4. The van der Waals surface area contributed by atoms with Crippen molar-refractivity contribution < 1.29 is 9.53 Å². The molecular weight excluding hydrogens is 367 g/mol. The van der Waals surface area contributed by atoms with Crippen LogP contribution in [0.25, 0.3) is 10.2 Å². The number of nitrogens with zero attached hydrogens (tertiary/aromatic N) is 2. The largest absolute Gasteiger partial charge is 0.495 e. The van der Waals surface area contributed by atoms with E-state index in [1.807, 2.05) is 30.7 Å². The van der Waals surface area contributed by atoms with Crippen molar-refractivity contribution in [3.8, 4) is 5.75 Å². The summed E-state index contributed by atoms with van der Waals surface area (Å²) in [6.07, 6.45) is 0. The molecule has 0 N–H and O–H groups in total. The van der Waals surface area contributed by atoms with Gasteiger partial charge in [0.1, 0.15) is 11.3 Å². The van der Waals surface area contributed by atoms with Crippen LogP contribution < -0.4 is 9.54 Å². The van der Waals surface area contributed by atoms with Crippen LogP contribution in [0.2, 0.25) is 10.0 Å². The molecule has 124 valence electrons. The lowest BCUT2D eigenvalue weighted by molar-refractivity contribution is 0.0998. The molecule has 3 aromatic rings. The molecule has 1 aromatic heterocycles. The molecule has 0 aliphatic heterocycles. The van der Waals surface area contributed by atoms with E-state index < -0.39 is 5.91 Å². The predicted molar refractivity (Wildman–Crippen MR) is 98.4 cm³/mol. The minimum Gasteiger partial charge on any atom is -0.495 e. The smallest absolute Gasteiger partial charge is 0.279 e. The first-order valence-corrected chi connectivity index (χ1v) is 8.66. The quantitative estimate of drug-likeness (QED) is 0.651. The highest BCUT2D eigenvalue weighted by Gasteiger charge is 2.13. The summed E-state index contributed by atoms with van der Waals surface area (Å²) in [6.45, 7) is 2.01. The molecule has 0 fully saturated rings. The average Bonchev–Trinajstić information content (AvgIpc) is 2.85. The minimum absolute atomic E-state index is 0.355. The number of aromatic nitrogens is 1. The van der Waals surface area contributed by atoms with Gasteiger partial charge in [-0.3, -0.25) is 4.79 Å². The molecule has 24 heavy (non-hydrogen) atoms. The van der Waals surface area contributed by atoms with Gasteiger partial charge in [-0.25, -0.2) is 0 Å². The van der Waals surface area contributed by atoms with Crippen LogP contribution >= 0.6 is 34.5 Å². The number of carbonyl (C=O) groups excluding carboxylic acids is 1. The molecule has 0 saturated carbocycles. The molecule has 0 bridgehead atoms. The van der Waals surface area contributed by atoms with Crippen LogP contribution in [0.15, 0.2) is 35.3 Å². The maximum absolute atomic E-state index is 12.5. The molecule has 0 radical (unpaired) electrons. The lowest BCUT2D eigenvalue weighted by atomic mass is 10.2. The highest BCUT2D eigenvalue weighted by Crippen LogP contribution is 2.29. The third kappa shape index (κ3) is 3.07. The summed E-state index contributed by atoms with van der Waals surface area (Å²) in [5.41, 5.74) is 2.37. The van der Waals surface area contributed by atoms with Gasteiger partial charge >= 0.3 is 0 Å². The van der Waals surface area contributed by atoms with Crippen molar-refractivity contribution in [3.05, 3.63) is 56.3 Å². The molecule has 0 unspecified atom stereocenters. The van der Waals surface area contributed by atoms with E-state index in [9.17, 15) is 4.79 Å². The Kier molecular flexibility index (Phi) is 4.67. The second kappa shape index (κ2) is 6.59. The molecule has 1 heterocycles. The number of ether oxygens (including phenoxy) is 1. The highest BCUT2D eigenvalue weighted by molar-refractivity contribution is 7.16. The van der Waals surface area contributed by atoms with E-state index in [-0.39, 0.29) is 0 Å². The van der Waals surface area contributed by atoms with Crippen LogP contribution in [0.1, 0.15) is 15.9 Å². The highest BCUT2D eigenvalue weighted by atomic mass is 35.5. The third-order valence-corrected chi connectivity index (χ3v) is 5.34. The number of benzene rings is 2. The van der Waals surface area contributed by atoms with Gasteiger partial charge in [0, 0.05) is 22.7 Å². The second-order valence-electron chi connectivity index (χ2n) is 5.28. The summed E-state index contributed by atoms with van der Waals surface area (Å²) in [5, 5.41) is 0.804. The van der Waals surface area contributed by atoms with E-state index in [4.69, 9.17) is 27.9 Å². The van der Waals surface area contributed by atoms with Gasteiger partial charge in [0.25, 0.3) is 5.91 Å². The van der Waals surface area contributed by atoms with Gasteiger partial charge in [0.15, 0.2) is 4.80 Å². The second-order valence-corrected chi connectivity index (χ2v) is 7.13. The summed E-state index contributed by atoms with van der Waals surface area (Å²) in [4.78, 5) is 17.3. The Bertz CT molecular complexity index is 1000. The van der Waals surface area contributed by atoms with Crippen LogP contribution in [-0.4, -0.2) is 17.6 Å². The zero-order valence-corrected chi connectivity index (χ0v) is 15.6. The Balaban J connectivity index is 2.18. The molecule has 3 rings (SSSR count). The standard InChI is InChI=1S/C17H14Cl2N2O2S/c1-9-4-5-13(23-3)14-15(9)24-17(21(14)2)20-16(22)10-6-11(18)8-12(19)7-10/h4-8H,1-3H3. The van der Waals surface area contributed by atoms with Crippen molar-refractivity contribution in [2.45, 2.75) is 6.92 Å².